The van der Waals surface area contributed by atoms with Crippen molar-refractivity contribution in [2.75, 3.05) is 4.90 Å². The van der Waals surface area contributed by atoms with Crippen LogP contribution in [0.2, 0.25) is 0 Å². The highest BCUT2D eigenvalue weighted by Crippen LogP contribution is 2.44. The van der Waals surface area contributed by atoms with Crippen molar-refractivity contribution in [1.82, 2.24) is 0 Å². The second-order valence-electron chi connectivity index (χ2n) is 10.2. The zero-order chi connectivity index (χ0) is 26.5. The van der Waals surface area contributed by atoms with Crippen molar-refractivity contribution in [3.05, 3.63) is 152 Å². The summed E-state index contributed by atoms with van der Waals surface area (Å²) in [5, 5.41) is 7.69. The summed E-state index contributed by atoms with van der Waals surface area (Å²) < 4.78 is 2.66. The molecule has 0 N–H and O–H groups in total. The van der Waals surface area contributed by atoms with Crippen LogP contribution in [0.25, 0.3) is 52.8 Å². The van der Waals surface area contributed by atoms with E-state index in [0.717, 1.165) is 17.1 Å². The van der Waals surface area contributed by atoms with E-state index in [4.69, 9.17) is 0 Å². The van der Waals surface area contributed by atoms with E-state index in [-0.39, 0.29) is 0 Å². The molecule has 0 aliphatic rings. The monoisotopic (exact) mass is 527 g/mol. The molecule has 8 rings (SSSR count). The van der Waals surface area contributed by atoms with Crippen molar-refractivity contribution in [1.29, 1.82) is 0 Å². The van der Waals surface area contributed by atoms with E-state index in [0.29, 0.717) is 0 Å². The minimum Gasteiger partial charge on any atom is -0.310 e. The van der Waals surface area contributed by atoms with Gasteiger partial charge in [0.05, 0.1) is 5.69 Å². The fourth-order valence-electron chi connectivity index (χ4n) is 5.94. The smallest absolute Gasteiger partial charge is 0.0540 e. The average molecular weight is 528 g/mol. The first-order valence-electron chi connectivity index (χ1n) is 13.6. The SMILES string of the molecule is c1ccc(-c2ccccc2N(c2ccc3ccccc3c2)c2ccc3ccc4sc5ccccc5c4c3c2)cc1. The molecule has 0 saturated carbocycles. The van der Waals surface area contributed by atoms with E-state index in [1.807, 2.05) is 11.3 Å². The number of hydrogen-bond donors (Lipinski definition) is 0. The van der Waals surface area contributed by atoms with E-state index >= 15 is 0 Å². The predicted molar refractivity (Wildman–Crippen MR) is 174 cm³/mol. The molecule has 0 fully saturated rings. The average Bonchev–Trinajstić information content (AvgIpc) is 3.41. The van der Waals surface area contributed by atoms with Gasteiger partial charge in [0, 0.05) is 37.1 Å². The van der Waals surface area contributed by atoms with Gasteiger partial charge in [0.25, 0.3) is 0 Å². The van der Waals surface area contributed by atoms with Gasteiger partial charge in [-0.15, -0.1) is 11.3 Å². The van der Waals surface area contributed by atoms with Crippen LogP contribution in [0.1, 0.15) is 0 Å². The molecular formula is C38H25NS. The number of para-hydroxylation sites is 1. The summed E-state index contributed by atoms with van der Waals surface area (Å²) >= 11 is 1.87. The number of rotatable bonds is 4. The van der Waals surface area contributed by atoms with Gasteiger partial charge in [-0.2, -0.15) is 0 Å². The van der Waals surface area contributed by atoms with Gasteiger partial charge in [-0.3, -0.25) is 0 Å². The molecule has 0 aliphatic heterocycles. The third-order valence-electron chi connectivity index (χ3n) is 7.82. The number of fused-ring (bicyclic) bond motifs is 6. The maximum Gasteiger partial charge on any atom is 0.0540 e. The zero-order valence-electron chi connectivity index (χ0n) is 21.8. The Kier molecular flexibility index (Phi) is 5.39. The first-order valence-corrected chi connectivity index (χ1v) is 14.4. The van der Waals surface area contributed by atoms with E-state index in [9.17, 15) is 0 Å². The molecule has 0 radical (unpaired) electrons. The zero-order valence-corrected chi connectivity index (χ0v) is 22.6. The Morgan fingerprint density at radius 2 is 1.10 bits per heavy atom. The second-order valence-corrected chi connectivity index (χ2v) is 11.3. The molecule has 0 unspecified atom stereocenters. The number of benzene rings is 7. The van der Waals surface area contributed by atoms with Crippen LogP contribution in [-0.4, -0.2) is 0 Å². The van der Waals surface area contributed by atoms with Crippen LogP contribution >= 0.6 is 11.3 Å². The van der Waals surface area contributed by atoms with E-state index in [2.05, 4.69) is 157 Å². The molecular weight excluding hydrogens is 502 g/mol. The molecule has 1 nitrogen and oxygen atoms in total. The van der Waals surface area contributed by atoms with Gasteiger partial charge in [0.2, 0.25) is 0 Å². The maximum absolute atomic E-state index is 2.42. The van der Waals surface area contributed by atoms with Gasteiger partial charge in [-0.25, -0.2) is 0 Å². The molecule has 0 spiro atoms. The van der Waals surface area contributed by atoms with Gasteiger partial charge in [-0.1, -0.05) is 109 Å². The molecule has 8 aromatic rings. The standard InChI is InChI=1S/C38H25NS/c1-2-11-27(12-3-1)32-14-6-8-16-35(32)39(30-21-18-26-10-4-5-13-29(26)24-30)31-22-19-28-20-23-37-38(34(28)25-31)33-15-7-9-17-36(33)40-37/h1-25H. The van der Waals surface area contributed by atoms with Crippen LogP contribution in [0, 0.1) is 0 Å². The molecule has 0 aliphatic carbocycles. The van der Waals surface area contributed by atoms with Crippen LogP contribution in [0.5, 0.6) is 0 Å². The largest absolute Gasteiger partial charge is 0.310 e. The minimum atomic E-state index is 1.14. The van der Waals surface area contributed by atoms with Crippen LogP contribution in [0.4, 0.5) is 17.1 Å². The third kappa shape index (κ3) is 3.77. The lowest BCUT2D eigenvalue weighted by Gasteiger charge is -2.28. The Balaban J connectivity index is 1.42. The molecule has 1 aromatic heterocycles. The Morgan fingerprint density at radius 3 is 2.00 bits per heavy atom. The lowest BCUT2D eigenvalue weighted by molar-refractivity contribution is 1.29. The van der Waals surface area contributed by atoms with Crippen LogP contribution in [0.3, 0.4) is 0 Å². The predicted octanol–water partition coefficient (Wildman–Crippen LogP) is 11.5. The summed E-state index contributed by atoms with van der Waals surface area (Å²) in [6.45, 7) is 0. The molecule has 0 amide bonds. The van der Waals surface area contributed by atoms with Crippen molar-refractivity contribution in [3.63, 3.8) is 0 Å². The molecule has 7 aromatic carbocycles. The molecule has 188 valence electrons. The Hall–Kier alpha value is -4.92. The second kappa shape index (κ2) is 9.37. The lowest BCUT2D eigenvalue weighted by atomic mass is 9.99. The molecule has 40 heavy (non-hydrogen) atoms. The van der Waals surface area contributed by atoms with Gasteiger partial charge in [-0.05, 0) is 69.6 Å². The highest BCUT2D eigenvalue weighted by atomic mass is 32.1. The third-order valence-corrected chi connectivity index (χ3v) is 8.96. The van der Waals surface area contributed by atoms with Crippen molar-refractivity contribution in [2.24, 2.45) is 0 Å². The Morgan fingerprint density at radius 1 is 0.425 bits per heavy atom. The minimum absolute atomic E-state index is 1.14. The number of hydrogen-bond acceptors (Lipinski definition) is 2. The highest BCUT2D eigenvalue weighted by Gasteiger charge is 2.19. The van der Waals surface area contributed by atoms with Gasteiger partial charge >= 0.3 is 0 Å². The van der Waals surface area contributed by atoms with Crippen LogP contribution < -0.4 is 4.90 Å². The summed E-state index contributed by atoms with van der Waals surface area (Å²) in [6, 6.07) is 55.0. The summed E-state index contributed by atoms with van der Waals surface area (Å²) in [5.41, 5.74) is 5.86. The summed E-state index contributed by atoms with van der Waals surface area (Å²) in [5.74, 6) is 0. The summed E-state index contributed by atoms with van der Waals surface area (Å²) in [4.78, 5) is 2.42. The van der Waals surface area contributed by atoms with Crippen LogP contribution in [-0.2, 0) is 0 Å². The molecule has 0 saturated heterocycles. The fourth-order valence-corrected chi connectivity index (χ4v) is 7.07. The van der Waals surface area contributed by atoms with E-state index < -0.39 is 0 Å². The quantitative estimate of drug-likeness (QED) is 0.220. The van der Waals surface area contributed by atoms with E-state index in [1.54, 1.807) is 0 Å². The Labute approximate surface area is 237 Å². The number of nitrogens with zero attached hydrogens (tertiary/aromatic N) is 1. The first kappa shape index (κ1) is 23.0. The van der Waals surface area contributed by atoms with Crippen molar-refractivity contribution >= 4 is 70.1 Å². The Bertz CT molecular complexity index is 2170. The summed E-state index contributed by atoms with van der Waals surface area (Å²) in [6.07, 6.45) is 0. The molecule has 2 heteroatoms. The fraction of sp³-hybridized carbons (Fsp3) is 0. The van der Waals surface area contributed by atoms with Gasteiger partial charge in [0.15, 0.2) is 0 Å². The maximum atomic E-state index is 2.42. The van der Waals surface area contributed by atoms with Crippen molar-refractivity contribution < 1.29 is 0 Å². The van der Waals surface area contributed by atoms with Crippen molar-refractivity contribution in [3.8, 4) is 11.1 Å². The topological polar surface area (TPSA) is 3.24 Å². The normalized spacial score (nSPS) is 11.5. The molecule has 1 heterocycles. The van der Waals surface area contributed by atoms with Crippen molar-refractivity contribution in [2.45, 2.75) is 0 Å². The van der Waals surface area contributed by atoms with Crippen LogP contribution in [0.15, 0.2) is 152 Å². The first-order chi connectivity index (χ1) is 19.8. The molecule has 0 atom stereocenters. The van der Waals surface area contributed by atoms with Gasteiger partial charge in [0.1, 0.15) is 0 Å². The highest BCUT2D eigenvalue weighted by molar-refractivity contribution is 7.26. The summed E-state index contributed by atoms with van der Waals surface area (Å²) in [7, 11) is 0. The number of thiophene rings is 1. The lowest BCUT2D eigenvalue weighted by Crippen LogP contribution is -2.11. The van der Waals surface area contributed by atoms with Gasteiger partial charge < -0.3 is 4.90 Å². The molecule has 0 bridgehead atoms. The number of anilines is 3. The van der Waals surface area contributed by atoms with E-state index in [1.165, 1.54) is 52.8 Å².